The summed E-state index contributed by atoms with van der Waals surface area (Å²) in [6.45, 7) is 7.58. The molecule has 170 valence electrons. The Labute approximate surface area is 191 Å². The molecule has 0 spiro atoms. The Bertz CT molecular complexity index is 1040. The van der Waals surface area contributed by atoms with Crippen molar-refractivity contribution in [1.82, 2.24) is 10.3 Å². The monoisotopic (exact) mass is 457 g/mol. The van der Waals surface area contributed by atoms with Crippen LogP contribution >= 0.6 is 11.8 Å². The first-order chi connectivity index (χ1) is 15.3. The average molecular weight is 458 g/mol. The summed E-state index contributed by atoms with van der Waals surface area (Å²) in [5.74, 6) is 1.48. The number of thioether (sulfide) groups is 1. The summed E-state index contributed by atoms with van der Waals surface area (Å²) in [5, 5.41) is 8.06. The fraction of sp³-hybridized carbons (Fsp3) is 0.348. The van der Waals surface area contributed by atoms with Gasteiger partial charge >= 0.3 is 0 Å². The maximum atomic E-state index is 12.2. The largest absolute Gasteiger partial charge is 0.497 e. The lowest BCUT2D eigenvalue weighted by molar-refractivity contribution is -0.129. The van der Waals surface area contributed by atoms with Gasteiger partial charge in [-0.1, -0.05) is 17.8 Å². The zero-order chi connectivity index (χ0) is 23.3. The maximum Gasteiger partial charge on any atom is 0.241 e. The molecule has 3 rings (SSSR count). The summed E-state index contributed by atoms with van der Waals surface area (Å²) in [4.78, 5) is 23.6. The van der Waals surface area contributed by atoms with Crippen LogP contribution in [0.4, 0.5) is 0 Å². The van der Waals surface area contributed by atoms with E-state index in [9.17, 15) is 9.59 Å². The molecule has 2 amide bonds. The number of amidine groups is 1. The molecule has 0 aromatic heterocycles. The van der Waals surface area contributed by atoms with Gasteiger partial charge in [0.2, 0.25) is 11.8 Å². The van der Waals surface area contributed by atoms with E-state index in [1.165, 1.54) is 41.7 Å². The van der Waals surface area contributed by atoms with Crippen LogP contribution in [0.2, 0.25) is 0 Å². The van der Waals surface area contributed by atoms with E-state index >= 15 is 0 Å². The molecule has 0 bridgehead atoms. The number of hydrazone groups is 1. The van der Waals surface area contributed by atoms with Crippen LogP contribution in [-0.2, 0) is 9.59 Å². The van der Waals surface area contributed by atoms with E-state index in [4.69, 9.17) is 14.2 Å². The Kier molecular flexibility index (Phi) is 7.63. The lowest BCUT2D eigenvalue weighted by Gasteiger charge is -2.22. The van der Waals surface area contributed by atoms with E-state index < -0.39 is 5.37 Å². The fourth-order valence-corrected chi connectivity index (χ4v) is 4.21. The topological polar surface area (TPSA) is 89.5 Å². The molecule has 1 aliphatic rings. The van der Waals surface area contributed by atoms with Crippen LogP contribution in [0.25, 0.3) is 0 Å². The Morgan fingerprint density at radius 3 is 2.41 bits per heavy atom. The number of methoxy groups -OCH3 is 1. The molecular formula is C23H27N3O5S. The highest BCUT2D eigenvalue weighted by Crippen LogP contribution is 2.43. The first-order valence-electron chi connectivity index (χ1n) is 10.1. The molecule has 2 aromatic carbocycles. The van der Waals surface area contributed by atoms with E-state index in [1.807, 2.05) is 25.1 Å². The van der Waals surface area contributed by atoms with E-state index in [-0.39, 0.29) is 11.8 Å². The molecule has 9 heteroatoms. The third kappa shape index (κ3) is 5.73. The highest BCUT2D eigenvalue weighted by Gasteiger charge is 2.34. The molecule has 0 saturated carbocycles. The second-order valence-corrected chi connectivity index (χ2v) is 8.34. The van der Waals surface area contributed by atoms with Crippen molar-refractivity contribution in [3.63, 3.8) is 0 Å². The van der Waals surface area contributed by atoms with Crippen molar-refractivity contribution in [2.45, 2.75) is 33.1 Å². The van der Waals surface area contributed by atoms with Gasteiger partial charge in [0.1, 0.15) is 35.8 Å². The van der Waals surface area contributed by atoms with Crippen molar-refractivity contribution in [1.29, 1.82) is 0 Å². The minimum atomic E-state index is -0.500. The van der Waals surface area contributed by atoms with Crippen LogP contribution < -0.4 is 19.5 Å². The van der Waals surface area contributed by atoms with E-state index in [0.717, 1.165) is 5.75 Å². The second-order valence-electron chi connectivity index (χ2n) is 7.27. The van der Waals surface area contributed by atoms with Crippen molar-refractivity contribution in [3.8, 4) is 17.2 Å². The van der Waals surface area contributed by atoms with Gasteiger partial charge < -0.3 is 19.5 Å². The maximum absolute atomic E-state index is 12.2. The lowest BCUT2D eigenvalue weighted by atomic mass is 10.1. The Morgan fingerprint density at radius 2 is 1.75 bits per heavy atom. The molecule has 8 nitrogen and oxygen atoms in total. The summed E-state index contributed by atoms with van der Waals surface area (Å²) in [6, 6.07) is 11.3. The van der Waals surface area contributed by atoms with Crippen LogP contribution in [0.1, 0.15) is 35.9 Å². The van der Waals surface area contributed by atoms with Crippen molar-refractivity contribution < 1.29 is 23.8 Å². The van der Waals surface area contributed by atoms with E-state index in [1.54, 1.807) is 25.3 Å². The number of carbonyl (C=O) groups excluding carboxylic acids is 2. The van der Waals surface area contributed by atoms with Crippen LogP contribution in [0.5, 0.6) is 17.2 Å². The van der Waals surface area contributed by atoms with Gasteiger partial charge in [0.25, 0.3) is 0 Å². The van der Waals surface area contributed by atoms with Gasteiger partial charge in [-0.25, -0.2) is 5.01 Å². The normalized spacial score (nSPS) is 15.2. The van der Waals surface area contributed by atoms with Crippen molar-refractivity contribution in [2.75, 3.05) is 20.3 Å². The summed E-state index contributed by atoms with van der Waals surface area (Å²) < 4.78 is 17.2. The predicted octanol–water partition coefficient (Wildman–Crippen LogP) is 3.77. The SMILES string of the molecule is COc1ccc(OCCOc2ccc(C)c(C)c2)c([C@H]2SC(NC(C)=O)=NN2C(C)=O)c1. The Balaban J connectivity index is 1.74. The zero-order valence-electron chi connectivity index (χ0n) is 18.8. The second kappa shape index (κ2) is 10.4. The lowest BCUT2D eigenvalue weighted by Crippen LogP contribution is -2.25. The van der Waals surface area contributed by atoms with Gasteiger partial charge in [-0.3, -0.25) is 9.59 Å². The smallest absolute Gasteiger partial charge is 0.241 e. The number of benzene rings is 2. The molecule has 1 N–H and O–H groups in total. The number of carbonyl (C=O) groups is 2. The number of amides is 2. The third-order valence-electron chi connectivity index (χ3n) is 4.82. The number of aryl methyl sites for hydroxylation is 2. The van der Waals surface area contributed by atoms with E-state index in [2.05, 4.69) is 17.3 Å². The van der Waals surface area contributed by atoms with Gasteiger partial charge in [0.15, 0.2) is 5.17 Å². The van der Waals surface area contributed by atoms with Gasteiger partial charge in [-0.05, 0) is 55.3 Å². The molecule has 0 unspecified atom stereocenters. The first-order valence-corrected chi connectivity index (χ1v) is 11.0. The standard InChI is InChI=1S/C23H27N3O5S/c1-14-6-7-19(12-15(14)2)30-10-11-31-21-9-8-18(29-5)13-20(21)22-26(17(4)28)25-23(32-22)24-16(3)27/h6-9,12-13,22H,10-11H2,1-5H3,(H,24,25,27)/t22-/m1/s1. The molecule has 1 atom stereocenters. The van der Waals surface area contributed by atoms with Gasteiger partial charge in [-0.15, -0.1) is 5.10 Å². The van der Waals surface area contributed by atoms with Crippen LogP contribution in [0.3, 0.4) is 0 Å². The Morgan fingerprint density at radius 1 is 1.03 bits per heavy atom. The number of nitrogens with one attached hydrogen (secondary N) is 1. The van der Waals surface area contributed by atoms with Crippen molar-refractivity contribution >= 4 is 28.7 Å². The summed E-state index contributed by atoms with van der Waals surface area (Å²) in [7, 11) is 1.57. The number of ether oxygens (including phenoxy) is 3. The zero-order valence-corrected chi connectivity index (χ0v) is 19.6. The van der Waals surface area contributed by atoms with E-state index in [0.29, 0.717) is 35.4 Å². The molecule has 2 aromatic rings. The number of hydrogen-bond donors (Lipinski definition) is 1. The van der Waals surface area contributed by atoms with Gasteiger partial charge in [0, 0.05) is 19.4 Å². The molecule has 32 heavy (non-hydrogen) atoms. The summed E-state index contributed by atoms with van der Waals surface area (Å²) in [6.07, 6.45) is 0. The number of hydrogen-bond acceptors (Lipinski definition) is 7. The molecule has 0 fully saturated rings. The van der Waals surface area contributed by atoms with Crippen LogP contribution in [0, 0.1) is 13.8 Å². The molecule has 1 heterocycles. The minimum absolute atomic E-state index is 0.255. The van der Waals surface area contributed by atoms with Crippen LogP contribution in [0.15, 0.2) is 41.5 Å². The van der Waals surface area contributed by atoms with Gasteiger partial charge in [-0.2, -0.15) is 0 Å². The molecule has 1 aliphatic heterocycles. The van der Waals surface area contributed by atoms with Crippen molar-refractivity contribution in [3.05, 3.63) is 53.1 Å². The summed E-state index contributed by atoms with van der Waals surface area (Å²) >= 11 is 1.26. The highest BCUT2D eigenvalue weighted by molar-refractivity contribution is 8.14. The molecule has 0 aliphatic carbocycles. The first kappa shape index (κ1) is 23.5. The fourth-order valence-electron chi connectivity index (χ4n) is 3.06. The highest BCUT2D eigenvalue weighted by atomic mass is 32.2. The third-order valence-corrected chi connectivity index (χ3v) is 5.90. The minimum Gasteiger partial charge on any atom is -0.497 e. The number of nitrogens with zero attached hydrogens (tertiary/aromatic N) is 2. The molecule has 0 radical (unpaired) electrons. The van der Waals surface area contributed by atoms with Gasteiger partial charge in [0.05, 0.1) is 7.11 Å². The summed E-state index contributed by atoms with van der Waals surface area (Å²) in [5.41, 5.74) is 3.08. The van der Waals surface area contributed by atoms with Crippen LogP contribution in [-0.4, -0.2) is 42.3 Å². The predicted molar refractivity (Wildman–Crippen MR) is 124 cm³/mol. The Hall–Kier alpha value is -3.20. The number of rotatable bonds is 7. The molecule has 0 saturated heterocycles. The molecular weight excluding hydrogens is 430 g/mol. The van der Waals surface area contributed by atoms with Crippen molar-refractivity contribution in [2.24, 2.45) is 5.10 Å². The average Bonchev–Trinajstić information content (AvgIpc) is 3.17. The quantitative estimate of drug-likeness (QED) is 0.637.